The highest BCUT2D eigenvalue weighted by Crippen LogP contribution is 2.17. The molecule has 0 aliphatic rings. The summed E-state index contributed by atoms with van der Waals surface area (Å²) in [6.45, 7) is 0. The molecule has 0 fully saturated rings. The molecule has 0 radical (unpaired) electrons. The second-order valence-electron chi connectivity index (χ2n) is 3.04. The van der Waals surface area contributed by atoms with Gasteiger partial charge in [-0.15, -0.1) is 5.10 Å². The molecule has 7 heteroatoms. The molecule has 17 heavy (non-hydrogen) atoms. The Hall–Kier alpha value is -2.26. The lowest BCUT2D eigenvalue weighted by molar-refractivity contribution is 0.624. The molecule has 1 aromatic heterocycles. The Bertz CT molecular complexity index is 595. The van der Waals surface area contributed by atoms with Crippen LogP contribution >= 0.6 is 11.6 Å². The van der Waals surface area contributed by atoms with Gasteiger partial charge in [0.05, 0.1) is 11.8 Å². The Morgan fingerprint density at radius 3 is 2.94 bits per heavy atom. The van der Waals surface area contributed by atoms with Crippen LogP contribution in [0.3, 0.4) is 0 Å². The van der Waals surface area contributed by atoms with Gasteiger partial charge in [0.15, 0.2) is 5.82 Å². The fourth-order valence-corrected chi connectivity index (χ4v) is 1.31. The maximum Gasteiger partial charge on any atom is 0.244 e. The number of halogens is 2. The molecule has 2 aromatic rings. The van der Waals surface area contributed by atoms with Crippen molar-refractivity contribution in [3.05, 3.63) is 41.1 Å². The quantitative estimate of drug-likeness (QED) is 0.884. The van der Waals surface area contributed by atoms with E-state index in [1.165, 1.54) is 24.4 Å². The Kier molecular flexibility index (Phi) is 3.12. The van der Waals surface area contributed by atoms with Crippen LogP contribution in [0.1, 0.15) is 5.56 Å². The number of aromatic nitrogens is 3. The van der Waals surface area contributed by atoms with E-state index in [0.29, 0.717) is 11.5 Å². The minimum atomic E-state index is -0.572. The van der Waals surface area contributed by atoms with Crippen molar-refractivity contribution in [2.45, 2.75) is 0 Å². The van der Waals surface area contributed by atoms with Crippen LogP contribution in [0.15, 0.2) is 24.4 Å². The Balaban J connectivity index is 2.28. The average Bonchev–Trinajstić information content (AvgIpc) is 2.32. The van der Waals surface area contributed by atoms with E-state index in [1.807, 2.05) is 0 Å². The Morgan fingerprint density at radius 1 is 1.41 bits per heavy atom. The maximum atomic E-state index is 13.1. The average molecular weight is 250 g/mol. The number of rotatable bonds is 2. The Morgan fingerprint density at radius 2 is 2.24 bits per heavy atom. The van der Waals surface area contributed by atoms with Crippen molar-refractivity contribution in [2.75, 3.05) is 5.32 Å². The van der Waals surface area contributed by atoms with Crippen molar-refractivity contribution >= 4 is 23.1 Å². The normalized spacial score (nSPS) is 9.71. The van der Waals surface area contributed by atoms with E-state index in [2.05, 4.69) is 20.5 Å². The molecule has 2 rings (SSSR count). The standard InChI is InChI=1S/C10H5ClFN5/c11-10-16-9(5-14-17-10)15-7-1-2-8(12)6(3-7)4-13/h1-3,5H,(H,15,16,17). The molecule has 0 aliphatic heterocycles. The number of nitrogens with zero attached hydrogens (tertiary/aromatic N) is 4. The van der Waals surface area contributed by atoms with Crippen molar-refractivity contribution < 1.29 is 4.39 Å². The zero-order chi connectivity index (χ0) is 12.3. The van der Waals surface area contributed by atoms with E-state index in [4.69, 9.17) is 16.9 Å². The minimum absolute atomic E-state index is 0.00221. The molecule has 0 unspecified atom stereocenters. The minimum Gasteiger partial charge on any atom is -0.339 e. The van der Waals surface area contributed by atoms with Crippen LogP contribution in [0.25, 0.3) is 0 Å². The lowest BCUT2D eigenvalue weighted by Crippen LogP contribution is -1.97. The molecule has 0 amide bonds. The molecule has 0 bridgehead atoms. The maximum absolute atomic E-state index is 13.1. The van der Waals surface area contributed by atoms with Gasteiger partial charge in [-0.3, -0.25) is 0 Å². The zero-order valence-corrected chi connectivity index (χ0v) is 9.11. The molecule has 84 valence electrons. The van der Waals surface area contributed by atoms with Gasteiger partial charge in [-0.05, 0) is 29.8 Å². The number of benzene rings is 1. The lowest BCUT2D eigenvalue weighted by atomic mass is 10.2. The van der Waals surface area contributed by atoms with Crippen LogP contribution in [0.2, 0.25) is 5.28 Å². The molecule has 1 N–H and O–H groups in total. The summed E-state index contributed by atoms with van der Waals surface area (Å²) in [5.41, 5.74) is 0.461. The highest BCUT2D eigenvalue weighted by Gasteiger charge is 2.04. The summed E-state index contributed by atoms with van der Waals surface area (Å²) in [6, 6.07) is 5.78. The molecule has 1 heterocycles. The molecular formula is C10H5ClFN5. The first kappa shape index (κ1) is 11.2. The third-order valence-electron chi connectivity index (χ3n) is 1.89. The lowest BCUT2D eigenvalue weighted by Gasteiger charge is -2.05. The van der Waals surface area contributed by atoms with Gasteiger partial charge in [0.2, 0.25) is 5.28 Å². The van der Waals surface area contributed by atoms with Gasteiger partial charge < -0.3 is 5.32 Å². The molecule has 0 aliphatic carbocycles. The molecule has 0 saturated carbocycles. The first-order chi connectivity index (χ1) is 8.19. The van der Waals surface area contributed by atoms with Crippen molar-refractivity contribution in [3.8, 4) is 6.07 Å². The van der Waals surface area contributed by atoms with Crippen molar-refractivity contribution in [2.24, 2.45) is 0 Å². The predicted octanol–water partition coefficient (Wildman–Crippen LogP) is 2.28. The number of hydrogen-bond donors (Lipinski definition) is 1. The third kappa shape index (κ3) is 2.65. The first-order valence-electron chi connectivity index (χ1n) is 4.51. The van der Waals surface area contributed by atoms with Gasteiger partial charge in [0.25, 0.3) is 0 Å². The van der Waals surface area contributed by atoms with E-state index in [9.17, 15) is 4.39 Å². The van der Waals surface area contributed by atoms with Gasteiger partial charge in [0, 0.05) is 5.69 Å². The van der Waals surface area contributed by atoms with Crippen LogP contribution in [-0.2, 0) is 0 Å². The summed E-state index contributed by atoms with van der Waals surface area (Å²) >= 11 is 5.56. The van der Waals surface area contributed by atoms with Crippen molar-refractivity contribution in [1.82, 2.24) is 15.2 Å². The van der Waals surface area contributed by atoms with Gasteiger partial charge in [0.1, 0.15) is 11.9 Å². The van der Waals surface area contributed by atoms with E-state index in [-0.39, 0.29) is 10.8 Å². The number of nitrogens with one attached hydrogen (secondary N) is 1. The highest BCUT2D eigenvalue weighted by atomic mass is 35.5. The third-order valence-corrected chi connectivity index (χ3v) is 2.05. The molecular weight excluding hydrogens is 245 g/mol. The predicted molar refractivity (Wildman–Crippen MR) is 59.2 cm³/mol. The van der Waals surface area contributed by atoms with E-state index in [1.54, 1.807) is 6.07 Å². The number of hydrogen-bond acceptors (Lipinski definition) is 5. The molecule has 0 atom stereocenters. The second kappa shape index (κ2) is 4.72. The van der Waals surface area contributed by atoms with Crippen LogP contribution in [0, 0.1) is 17.1 Å². The number of nitriles is 1. The van der Waals surface area contributed by atoms with Crippen LogP contribution in [0.4, 0.5) is 15.9 Å². The summed E-state index contributed by atoms with van der Waals surface area (Å²) < 4.78 is 13.1. The fraction of sp³-hybridized carbons (Fsp3) is 0. The number of anilines is 2. The Labute approximate surface area is 101 Å². The van der Waals surface area contributed by atoms with Crippen LogP contribution in [-0.4, -0.2) is 15.2 Å². The summed E-state index contributed by atoms with van der Waals surface area (Å²) in [4.78, 5) is 3.85. The SMILES string of the molecule is N#Cc1cc(Nc2cnnc(Cl)n2)ccc1F. The van der Waals surface area contributed by atoms with Crippen LogP contribution < -0.4 is 5.32 Å². The van der Waals surface area contributed by atoms with Gasteiger partial charge in [-0.1, -0.05) is 0 Å². The highest BCUT2D eigenvalue weighted by molar-refractivity contribution is 6.28. The fourth-order valence-electron chi connectivity index (χ4n) is 1.18. The molecule has 0 spiro atoms. The second-order valence-corrected chi connectivity index (χ2v) is 3.38. The summed E-state index contributed by atoms with van der Waals surface area (Å²) in [5.74, 6) is -0.211. The summed E-state index contributed by atoms with van der Waals surface area (Å²) in [5, 5.41) is 18.6. The van der Waals surface area contributed by atoms with Crippen LogP contribution in [0.5, 0.6) is 0 Å². The largest absolute Gasteiger partial charge is 0.339 e. The monoisotopic (exact) mass is 249 g/mol. The summed E-state index contributed by atoms with van der Waals surface area (Å²) in [6.07, 6.45) is 1.36. The van der Waals surface area contributed by atoms with E-state index >= 15 is 0 Å². The van der Waals surface area contributed by atoms with Gasteiger partial charge in [-0.25, -0.2) is 4.39 Å². The van der Waals surface area contributed by atoms with Gasteiger partial charge in [-0.2, -0.15) is 15.3 Å². The topological polar surface area (TPSA) is 74.5 Å². The molecule has 5 nitrogen and oxygen atoms in total. The smallest absolute Gasteiger partial charge is 0.244 e. The first-order valence-corrected chi connectivity index (χ1v) is 4.89. The molecule has 1 aromatic carbocycles. The zero-order valence-electron chi connectivity index (χ0n) is 8.35. The summed E-state index contributed by atoms with van der Waals surface area (Å²) in [7, 11) is 0. The van der Waals surface area contributed by atoms with Gasteiger partial charge >= 0.3 is 0 Å². The van der Waals surface area contributed by atoms with E-state index in [0.717, 1.165) is 0 Å². The van der Waals surface area contributed by atoms with Crippen molar-refractivity contribution in [1.29, 1.82) is 5.26 Å². The molecule has 0 saturated heterocycles. The van der Waals surface area contributed by atoms with Crippen molar-refractivity contribution in [3.63, 3.8) is 0 Å². The van der Waals surface area contributed by atoms with E-state index < -0.39 is 5.82 Å².